The van der Waals surface area contributed by atoms with Crippen molar-refractivity contribution < 1.29 is 35.8 Å². The molecule has 0 radical (unpaired) electrons. The SMILES string of the molecule is CON.[H-].[Na+]. The van der Waals surface area contributed by atoms with Crippen molar-refractivity contribution in [1.29, 1.82) is 0 Å². The Morgan fingerprint density at radius 2 is 2.00 bits per heavy atom. The number of rotatable bonds is 0. The normalized spacial score (nSPS) is 4.50. The molecule has 0 saturated carbocycles. The van der Waals surface area contributed by atoms with Crippen molar-refractivity contribution in [3.8, 4) is 0 Å². The van der Waals surface area contributed by atoms with Gasteiger partial charge >= 0.3 is 29.6 Å². The molecule has 0 aromatic rings. The first kappa shape index (κ1) is 8.87. The largest absolute Gasteiger partial charge is 1.00 e. The number of hydrogen-bond acceptors (Lipinski definition) is 2. The van der Waals surface area contributed by atoms with Crippen LogP contribution in [-0.4, -0.2) is 7.11 Å². The smallest absolute Gasteiger partial charge is 1.00 e. The molecular weight excluding hydrogens is 65.0 g/mol. The van der Waals surface area contributed by atoms with Crippen LogP contribution < -0.4 is 35.5 Å². The summed E-state index contributed by atoms with van der Waals surface area (Å²) in [6.45, 7) is 0. The molecule has 0 aliphatic heterocycles. The van der Waals surface area contributed by atoms with Crippen molar-refractivity contribution in [1.82, 2.24) is 0 Å². The summed E-state index contributed by atoms with van der Waals surface area (Å²) in [4.78, 5) is 3.75. The topological polar surface area (TPSA) is 35.2 Å². The Labute approximate surface area is 49.0 Å². The molecule has 0 aromatic heterocycles. The summed E-state index contributed by atoms with van der Waals surface area (Å²) in [5.74, 6) is 4.35. The van der Waals surface area contributed by atoms with Crippen LogP contribution in [0, 0.1) is 0 Å². The van der Waals surface area contributed by atoms with Crippen LogP contribution in [0.2, 0.25) is 0 Å². The van der Waals surface area contributed by atoms with Gasteiger partial charge < -0.3 is 6.26 Å². The summed E-state index contributed by atoms with van der Waals surface area (Å²) >= 11 is 0. The second-order valence-corrected chi connectivity index (χ2v) is 0.236. The fourth-order valence-corrected chi connectivity index (χ4v) is 0. The van der Waals surface area contributed by atoms with Gasteiger partial charge in [-0.15, -0.1) is 0 Å². The van der Waals surface area contributed by atoms with Crippen molar-refractivity contribution in [2.45, 2.75) is 0 Å². The first-order valence-corrected chi connectivity index (χ1v) is 0.644. The quantitative estimate of drug-likeness (QED) is 0.239. The summed E-state index contributed by atoms with van der Waals surface area (Å²) in [6.07, 6.45) is 0. The molecule has 4 heavy (non-hydrogen) atoms. The van der Waals surface area contributed by atoms with Gasteiger partial charge in [-0.05, 0) is 0 Å². The van der Waals surface area contributed by atoms with Gasteiger partial charge in [0.1, 0.15) is 0 Å². The molecular formula is CH6NNaO. The van der Waals surface area contributed by atoms with E-state index in [4.69, 9.17) is 0 Å². The average Bonchev–Trinajstić information content (AvgIpc) is 0.918. The molecule has 0 amide bonds. The van der Waals surface area contributed by atoms with Gasteiger partial charge in [0.05, 0.1) is 7.11 Å². The van der Waals surface area contributed by atoms with Gasteiger partial charge in [-0.1, -0.05) is 0 Å². The predicted molar refractivity (Wildman–Crippen MR) is 12.3 cm³/mol. The molecule has 0 aromatic carbocycles. The maximum atomic E-state index is 4.35. The Morgan fingerprint density at radius 3 is 2.00 bits per heavy atom. The van der Waals surface area contributed by atoms with E-state index in [0.29, 0.717) is 0 Å². The van der Waals surface area contributed by atoms with E-state index in [9.17, 15) is 0 Å². The van der Waals surface area contributed by atoms with E-state index >= 15 is 0 Å². The Bertz CT molecular complexity index is 11.6. The van der Waals surface area contributed by atoms with Gasteiger partial charge in [-0.3, -0.25) is 0 Å². The maximum Gasteiger partial charge on any atom is 1.00 e. The zero-order valence-electron chi connectivity index (χ0n) is 3.99. The first-order valence-electron chi connectivity index (χ1n) is 0.644. The third-order valence-corrected chi connectivity index (χ3v) is 0. The minimum atomic E-state index is 0. The van der Waals surface area contributed by atoms with Crippen molar-refractivity contribution in [2.24, 2.45) is 5.90 Å². The molecule has 22 valence electrons. The van der Waals surface area contributed by atoms with Gasteiger partial charge in [-0.2, -0.15) is 0 Å². The Morgan fingerprint density at radius 1 is 2.00 bits per heavy atom. The number of hydrogen-bond donors (Lipinski definition) is 1. The molecule has 0 spiro atoms. The van der Waals surface area contributed by atoms with Crippen LogP contribution in [-0.2, 0) is 4.84 Å². The Hall–Kier alpha value is 0.920. The minimum absolute atomic E-state index is 0. The molecule has 2 N–H and O–H groups in total. The molecule has 2 nitrogen and oxygen atoms in total. The standard InChI is InChI=1S/CH5NO.Na.H/c1-3-2;;/h2H2,1H3;;/q;+1;-1. The van der Waals surface area contributed by atoms with Crippen molar-refractivity contribution >= 4 is 0 Å². The fourth-order valence-electron chi connectivity index (χ4n) is 0. The number of nitrogens with two attached hydrogens (primary N) is 1. The summed E-state index contributed by atoms with van der Waals surface area (Å²) in [6, 6.07) is 0. The molecule has 0 atom stereocenters. The summed E-state index contributed by atoms with van der Waals surface area (Å²) in [5, 5.41) is 0. The first-order chi connectivity index (χ1) is 1.41. The molecule has 0 heterocycles. The third-order valence-electron chi connectivity index (χ3n) is 0. The van der Waals surface area contributed by atoms with E-state index in [2.05, 4.69) is 10.7 Å². The monoisotopic (exact) mass is 71.0 g/mol. The molecule has 0 saturated heterocycles. The van der Waals surface area contributed by atoms with E-state index in [1.165, 1.54) is 7.11 Å². The molecule has 0 bridgehead atoms. The van der Waals surface area contributed by atoms with Crippen LogP contribution in [0.5, 0.6) is 0 Å². The Kier molecular flexibility index (Phi) is 20.1. The summed E-state index contributed by atoms with van der Waals surface area (Å²) in [7, 11) is 1.40. The van der Waals surface area contributed by atoms with E-state index in [-0.39, 0.29) is 31.0 Å². The average molecular weight is 71.1 g/mol. The van der Waals surface area contributed by atoms with Crippen LogP contribution in [0.15, 0.2) is 0 Å². The van der Waals surface area contributed by atoms with Gasteiger partial charge in [0.15, 0.2) is 0 Å². The third kappa shape index (κ3) is 12.7. The summed E-state index contributed by atoms with van der Waals surface area (Å²) < 4.78 is 0. The van der Waals surface area contributed by atoms with Crippen molar-refractivity contribution in [2.75, 3.05) is 7.11 Å². The second-order valence-electron chi connectivity index (χ2n) is 0.236. The van der Waals surface area contributed by atoms with Gasteiger partial charge in [0.25, 0.3) is 0 Å². The second kappa shape index (κ2) is 9.07. The summed E-state index contributed by atoms with van der Waals surface area (Å²) in [5.41, 5.74) is 0. The molecule has 0 aliphatic rings. The van der Waals surface area contributed by atoms with E-state index < -0.39 is 0 Å². The van der Waals surface area contributed by atoms with Gasteiger partial charge in [-0.25, -0.2) is 5.90 Å². The van der Waals surface area contributed by atoms with E-state index in [0.717, 1.165) is 0 Å². The molecule has 0 aliphatic carbocycles. The van der Waals surface area contributed by atoms with Crippen LogP contribution in [0.3, 0.4) is 0 Å². The molecule has 0 unspecified atom stereocenters. The fraction of sp³-hybridized carbons (Fsp3) is 1.00. The van der Waals surface area contributed by atoms with E-state index in [1.54, 1.807) is 0 Å². The predicted octanol–water partition coefficient (Wildman–Crippen LogP) is -3.38. The zero-order chi connectivity index (χ0) is 2.71. The van der Waals surface area contributed by atoms with E-state index in [1.807, 2.05) is 0 Å². The van der Waals surface area contributed by atoms with Crippen LogP contribution in [0.1, 0.15) is 1.43 Å². The van der Waals surface area contributed by atoms with Crippen LogP contribution in [0.25, 0.3) is 0 Å². The minimum Gasteiger partial charge on any atom is -1.00 e. The zero-order valence-corrected chi connectivity index (χ0v) is 4.99. The molecule has 0 rings (SSSR count). The Balaban J connectivity index is -0.0000000200. The van der Waals surface area contributed by atoms with Crippen molar-refractivity contribution in [3.05, 3.63) is 0 Å². The van der Waals surface area contributed by atoms with Crippen molar-refractivity contribution in [3.63, 3.8) is 0 Å². The van der Waals surface area contributed by atoms with Crippen LogP contribution in [0.4, 0.5) is 0 Å². The maximum absolute atomic E-state index is 4.35. The van der Waals surface area contributed by atoms with Crippen LogP contribution >= 0.6 is 0 Å². The van der Waals surface area contributed by atoms with Gasteiger partial charge in [0, 0.05) is 0 Å². The molecule has 3 heteroatoms. The van der Waals surface area contributed by atoms with Gasteiger partial charge in [0.2, 0.25) is 0 Å². The molecule has 0 fully saturated rings.